The highest BCUT2D eigenvalue weighted by Gasteiger charge is 2.24. The summed E-state index contributed by atoms with van der Waals surface area (Å²) in [6.45, 7) is 3.82. The van der Waals surface area contributed by atoms with Crippen molar-refractivity contribution < 1.29 is 4.79 Å². The summed E-state index contributed by atoms with van der Waals surface area (Å²) in [5.41, 5.74) is 1.51. The summed E-state index contributed by atoms with van der Waals surface area (Å²) in [6.07, 6.45) is 1.74. The van der Waals surface area contributed by atoms with E-state index >= 15 is 0 Å². The van der Waals surface area contributed by atoms with Gasteiger partial charge in [0.25, 0.3) is 5.91 Å². The number of nitrogens with one attached hydrogen (secondary N) is 1. The summed E-state index contributed by atoms with van der Waals surface area (Å²) in [7, 11) is 0. The van der Waals surface area contributed by atoms with Gasteiger partial charge in [0.15, 0.2) is 11.0 Å². The molecular formula is C16H16N6OS. The van der Waals surface area contributed by atoms with Crippen LogP contribution in [0.3, 0.4) is 0 Å². The molecule has 1 aliphatic heterocycles. The van der Waals surface area contributed by atoms with Crippen LogP contribution in [0.2, 0.25) is 0 Å². The van der Waals surface area contributed by atoms with E-state index in [1.165, 1.54) is 11.3 Å². The molecule has 0 saturated carbocycles. The number of anilines is 2. The van der Waals surface area contributed by atoms with E-state index in [0.29, 0.717) is 18.7 Å². The second-order valence-electron chi connectivity index (χ2n) is 5.58. The largest absolute Gasteiger partial charge is 0.332 e. The normalized spacial score (nSPS) is 13.6. The van der Waals surface area contributed by atoms with E-state index in [4.69, 9.17) is 0 Å². The number of thiazole rings is 1. The molecule has 0 radical (unpaired) electrons. The summed E-state index contributed by atoms with van der Waals surface area (Å²) in [4.78, 5) is 18.8. The number of aryl methyl sites for hydroxylation is 1. The van der Waals surface area contributed by atoms with Crippen molar-refractivity contribution in [1.29, 1.82) is 0 Å². The fraction of sp³-hybridized carbons (Fsp3) is 0.250. The molecule has 0 spiro atoms. The van der Waals surface area contributed by atoms with E-state index in [1.54, 1.807) is 6.20 Å². The molecule has 0 atom stereocenters. The first-order valence-corrected chi connectivity index (χ1v) is 8.53. The van der Waals surface area contributed by atoms with Gasteiger partial charge in [-0.15, -0.1) is 21.5 Å². The third-order valence-electron chi connectivity index (χ3n) is 4.02. The molecule has 3 aromatic rings. The van der Waals surface area contributed by atoms with Gasteiger partial charge in [-0.05, 0) is 25.1 Å². The number of benzene rings is 1. The molecule has 0 saturated heterocycles. The lowest BCUT2D eigenvalue weighted by Crippen LogP contribution is -2.38. The number of rotatable bonds is 3. The van der Waals surface area contributed by atoms with Crippen LogP contribution in [0.1, 0.15) is 22.0 Å². The molecule has 0 aliphatic carbocycles. The van der Waals surface area contributed by atoms with E-state index in [-0.39, 0.29) is 5.91 Å². The lowest BCUT2D eigenvalue weighted by atomic mass is 10.1. The van der Waals surface area contributed by atoms with Gasteiger partial charge in [0, 0.05) is 35.9 Å². The third kappa shape index (κ3) is 2.76. The van der Waals surface area contributed by atoms with Gasteiger partial charge in [0.2, 0.25) is 0 Å². The Labute approximate surface area is 143 Å². The average molecular weight is 340 g/mol. The zero-order valence-corrected chi connectivity index (χ0v) is 14.0. The number of hydrogen-bond donors (Lipinski definition) is 1. The van der Waals surface area contributed by atoms with E-state index in [0.717, 1.165) is 29.0 Å². The number of carbonyl (C=O) groups is 1. The minimum absolute atomic E-state index is 0.00434. The van der Waals surface area contributed by atoms with Crippen LogP contribution in [0.4, 0.5) is 10.8 Å². The maximum Gasteiger partial charge on any atom is 0.254 e. The van der Waals surface area contributed by atoms with Crippen molar-refractivity contribution in [1.82, 2.24) is 24.6 Å². The van der Waals surface area contributed by atoms with Crippen LogP contribution in [0, 0.1) is 6.92 Å². The van der Waals surface area contributed by atoms with Gasteiger partial charge in [-0.1, -0.05) is 6.07 Å². The van der Waals surface area contributed by atoms with E-state index in [9.17, 15) is 4.79 Å². The predicted molar refractivity (Wildman–Crippen MR) is 91.3 cm³/mol. The fourth-order valence-corrected chi connectivity index (χ4v) is 3.35. The van der Waals surface area contributed by atoms with E-state index < -0.39 is 0 Å². The Morgan fingerprint density at radius 3 is 3.04 bits per heavy atom. The van der Waals surface area contributed by atoms with Gasteiger partial charge >= 0.3 is 0 Å². The molecule has 7 nitrogen and oxygen atoms in total. The zero-order valence-electron chi connectivity index (χ0n) is 13.1. The summed E-state index contributed by atoms with van der Waals surface area (Å²) in [6, 6.07) is 7.49. The molecule has 1 aromatic carbocycles. The highest BCUT2D eigenvalue weighted by atomic mass is 32.1. The van der Waals surface area contributed by atoms with Crippen molar-refractivity contribution >= 4 is 28.1 Å². The van der Waals surface area contributed by atoms with Crippen molar-refractivity contribution in [3.8, 4) is 0 Å². The Morgan fingerprint density at radius 1 is 1.29 bits per heavy atom. The SMILES string of the molecule is Cc1nnc2n1CCN(C(=O)c1cccc(Nc3nccs3)c1)C2. The minimum Gasteiger partial charge on any atom is -0.332 e. The lowest BCUT2D eigenvalue weighted by molar-refractivity contribution is 0.0706. The molecule has 24 heavy (non-hydrogen) atoms. The highest BCUT2D eigenvalue weighted by Crippen LogP contribution is 2.21. The molecule has 0 unspecified atom stereocenters. The zero-order chi connectivity index (χ0) is 16.5. The van der Waals surface area contributed by atoms with Gasteiger partial charge in [0.05, 0.1) is 6.54 Å². The predicted octanol–water partition coefficient (Wildman–Crippen LogP) is 2.44. The number of hydrogen-bond acceptors (Lipinski definition) is 6. The molecule has 2 aromatic heterocycles. The smallest absolute Gasteiger partial charge is 0.254 e. The molecule has 8 heteroatoms. The third-order valence-corrected chi connectivity index (χ3v) is 4.71. The first kappa shape index (κ1) is 14.8. The van der Waals surface area contributed by atoms with Gasteiger partial charge in [-0.25, -0.2) is 4.98 Å². The quantitative estimate of drug-likeness (QED) is 0.792. The Hall–Kier alpha value is -2.74. The molecule has 1 amide bonds. The fourth-order valence-electron chi connectivity index (χ4n) is 2.80. The summed E-state index contributed by atoms with van der Waals surface area (Å²) in [5.74, 6) is 1.74. The monoisotopic (exact) mass is 340 g/mol. The van der Waals surface area contributed by atoms with Crippen LogP contribution in [0.5, 0.6) is 0 Å². The lowest BCUT2D eigenvalue weighted by Gasteiger charge is -2.27. The van der Waals surface area contributed by atoms with Crippen molar-refractivity contribution in [3.05, 3.63) is 53.1 Å². The number of nitrogens with zero attached hydrogens (tertiary/aromatic N) is 5. The number of fused-ring (bicyclic) bond motifs is 1. The standard InChI is InChI=1S/C16H16N6OS/c1-11-19-20-14-10-21(6-7-22(11)14)15(23)12-3-2-4-13(9-12)18-16-17-5-8-24-16/h2-5,8-9H,6-7,10H2,1H3,(H,17,18). The minimum atomic E-state index is 0.00434. The van der Waals surface area contributed by atoms with Gasteiger partial charge in [-0.2, -0.15) is 0 Å². The van der Waals surface area contributed by atoms with Crippen LogP contribution < -0.4 is 5.32 Å². The summed E-state index contributed by atoms with van der Waals surface area (Å²) >= 11 is 1.52. The first-order chi connectivity index (χ1) is 11.7. The summed E-state index contributed by atoms with van der Waals surface area (Å²) < 4.78 is 2.06. The molecule has 3 heterocycles. The van der Waals surface area contributed by atoms with Gasteiger partial charge in [-0.3, -0.25) is 4.79 Å². The van der Waals surface area contributed by atoms with Crippen LogP contribution in [0.25, 0.3) is 0 Å². The topological polar surface area (TPSA) is 75.9 Å². The van der Waals surface area contributed by atoms with Crippen LogP contribution in [0.15, 0.2) is 35.8 Å². The molecule has 122 valence electrons. The van der Waals surface area contributed by atoms with Crippen molar-refractivity contribution in [2.24, 2.45) is 0 Å². The van der Waals surface area contributed by atoms with Crippen LogP contribution >= 0.6 is 11.3 Å². The second kappa shape index (κ2) is 6.04. The first-order valence-electron chi connectivity index (χ1n) is 7.65. The maximum absolute atomic E-state index is 12.8. The molecule has 1 N–H and O–H groups in total. The number of amides is 1. The molecule has 0 bridgehead atoms. The van der Waals surface area contributed by atoms with Gasteiger partial charge < -0.3 is 14.8 Å². The second-order valence-corrected chi connectivity index (χ2v) is 6.48. The Kier molecular flexibility index (Phi) is 3.73. The van der Waals surface area contributed by atoms with E-state index in [2.05, 4.69) is 25.1 Å². The van der Waals surface area contributed by atoms with Gasteiger partial charge in [0.1, 0.15) is 5.82 Å². The van der Waals surface area contributed by atoms with E-state index in [1.807, 2.05) is 41.5 Å². The Balaban J connectivity index is 1.52. The Bertz CT molecular complexity index is 873. The van der Waals surface area contributed by atoms with Crippen molar-refractivity contribution in [2.75, 3.05) is 11.9 Å². The van der Waals surface area contributed by atoms with Crippen LogP contribution in [-0.2, 0) is 13.1 Å². The number of aromatic nitrogens is 4. The summed E-state index contributed by atoms with van der Waals surface area (Å²) in [5, 5.41) is 14.2. The number of carbonyl (C=O) groups excluding carboxylic acids is 1. The Morgan fingerprint density at radius 2 is 2.21 bits per heavy atom. The highest BCUT2D eigenvalue weighted by molar-refractivity contribution is 7.13. The van der Waals surface area contributed by atoms with Crippen molar-refractivity contribution in [2.45, 2.75) is 20.0 Å². The van der Waals surface area contributed by atoms with Crippen molar-refractivity contribution in [3.63, 3.8) is 0 Å². The average Bonchev–Trinajstić information content (AvgIpc) is 3.24. The molecule has 0 fully saturated rings. The molecule has 1 aliphatic rings. The maximum atomic E-state index is 12.8. The van der Waals surface area contributed by atoms with Crippen LogP contribution in [-0.4, -0.2) is 37.1 Å². The molecular weight excluding hydrogens is 324 g/mol. The molecule has 4 rings (SSSR count).